The molecule has 2 aromatic rings. The molecule has 3 N–H and O–H groups in total. The largest absolute Gasteiger partial charge is 0.552 e. The number of H-pyrrole nitrogens is 1. The fourth-order valence-corrected chi connectivity index (χ4v) is 5.40. The first-order chi connectivity index (χ1) is 12.5. The third-order valence-electron chi connectivity index (χ3n) is 5.11. The summed E-state index contributed by atoms with van der Waals surface area (Å²) in [4.78, 5) is 7.40. The van der Waals surface area contributed by atoms with Crippen LogP contribution in [0.5, 0.6) is 5.75 Å². The Morgan fingerprint density at radius 2 is 2.27 bits per heavy atom. The Bertz CT molecular complexity index is 950. The molecule has 0 saturated heterocycles. The fraction of sp³-hybridized carbons (Fsp3) is 0.471. The molecule has 1 fully saturated rings. The fourth-order valence-electron chi connectivity index (χ4n) is 3.87. The first-order valence-electron chi connectivity index (χ1n) is 8.97. The molecule has 2 aliphatic rings. The second kappa shape index (κ2) is 6.72. The van der Waals surface area contributed by atoms with E-state index in [0.717, 1.165) is 41.4 Å². The highest BCUT2D eigenvalue weighted by atomic mass is 32.2. The number of fused-ring (bicyclic) bond motifs is 3. The van der Waals surface area contributed by atoms with E-state index in [-0.39, 0.29) is 17.6 Å². The molecule has 7 nitrogen and oxygen atoms in total. The van der Waals surface area contributed by atoms with Crippen LogP contribution in [0, 0.1) is 11.8 Å². The lowest BCUT2D eigenvalue weighted by atomic mass is 9.66. The molecule has 0 atom stereocenters. The van der Waals surface area contributed by atoms with Crippen molar-refractivity contribution in [2.75, 3.05) is 12.3 Å². The van der Waals surface area contributed by atoms with Crippen molar-refractivity contribution in [3.8, 4) is 5.75 Å². The zero-order chi connectivity index (χ0) is 18.3. The number of allylic oxidation sites excluding steroid dienone is 1. The van der Waals surface area contributed by atoms with Gasteiger partial charge in [0.05, 0.1) is 11.9 Å². The van der Waals surface area contributed by atoms with Gasteiger partial charge >= 0.3 is 7.12 Å². The Kier molecular flexibility index (Phi) is 4.54. The van der Waals surface area contributed by atoms with Crippen molar-refractivity contribution in [2.45, 2.75) is 26.2 Å². The lowest BCUT2D eigenvalue weighted by Crippen LogP contribution is -2.37. The molecule has 138 valence electrons. The molecule has 0 bridgehead atoms. The molecule has 26 heavy (non-hydrogen) atoms. The van der Waals surface area contributed by atoms with Gasteiger partial charge in [-0.2, -0.15) is 0 Å². The summed E-state index contributed by atoms with van der Waals surface area (Å²) in [6, 6.07) is 1.95. The van der Waals surface area contributed by atoms with Crippen LogP contribution in [-0.4, -0.2) is 42.8 Å². The molecular weight excluding hydrogens is 353 g/mol. The van der Waals surface area contributed by atoms with Gasteiger partial charge in [-0.25, -0.2) is 18.1 Å². The van der Waals surface area contributed by atoms with Crippen LogP contribution in [0.2, 0.25) is 0 Å². The molecule has 1 aliphatic carbocycles. The van der Waals surface area contributed by atoms with Crippen LogP contribution in [0.4, 0.5) is 0 Å². The molecule has 3 heterocycles. The maximum absolute atomic E-state index is 12.1. The van der Waals surface area contributed by atoms with Crippen LogP contribution in [0.15, 0.2) is 24.4 Å². The number of sulfonamides is 1. The van der Waals surface area contributed by atoms with Crippen molar-refractivity contribution in [2.24, 2.45) is 11.8 Å². The molecule has 0 amide bonds. The van der Waals surface area contributed by atoms with E-state index in [0.29, 0.717) is 12.3 Å². The van der Waals surface area contributed by atoms with Crippen LogP contribution >= 0.6 is 0 Å². The molecule has 4 rings (SSSR count). The SMILES string of the molecule is CCCNS(=O)(=O)C[C@H]1C[C@@H](C2=CB(O)Oc3cnc4[nH]ccc4c32)C1. The van der Waals surface area contributed by atoms with Gasteiger partial charge in [-0.3, -0.25) is 0 Å². The van der Waals surface area contributed by atoms with E-state index in [4.69, 9.17) is 4.65 Å². The lowest BCUT2D eigenvalue weighted by molar-refractivity contribution is 0.272. The summed E-state index contributed by atoms with van der Waals surface area (Å²) in [5.41, 5.74) is 2.76. The van der Waals surface area contributed by atoms with Crippen molar-refractivity contribution < 1.29 is 18.1 Å². The summed E-state index contributed by atoms with van der Waals surface area (Å²) in [6.45, 7) is 2.43. The normalized spacial score (nSPS) is 22.5. The first kappa shape index (κ1) is 17.6. The Hall–Kier alpha value is -1.84. The van der Waals surface area contributed by atoms with Crippen LogP contribution in [0.1, 0.15) is 31.7 Å². The monoisotopic (exact) mass is 375 g/mol. The molecule has 2 aromatic heterocycles. The minimum atomic E-state index is -3.21. The Morgan fingerprint density at radius 1 is 1.46 bits per heavy atom. The predicted octanol–water partition coefficient (Wildman–Crippen LogP) is 1.71. The summed E-state index contributed by atoms with van der Waals surface area (Å²) in [5, 5.41) is 11.0. The minimum Gasteiger partial charge on any atom is -0.531 e. The summed E-state index contributed by atoms with van der Waals surface area (Å²) in [5.74, 6) is 2.84. The van der Waals surface area contributed by atoms with Crippen molar-refractivity contribution in [3.05, 3.63) is 30.0 Å². The van der Waals surface area contributed by atoms with Gasteiger partial charge in [0, 0.05) is 23.7 Å². The smallest absolute Gasteiger partial charge is 0.531 e. The Morgan fingerprint density at radius 3 is 3.04 bits per heavy atom. The lowest BCUT2D eigenvalue weighted by Gasteiger charge is -2.38. The van der Waals surface area contributed by atoms with E-state index in [2.05, 4.69) is 14.7 Å². The molecule has 1 saturated carbocycles. The van der Waals surface area contributed by atoms with Crippen LogP contribution in [0.3, 0.4) is 0 Å². The predicted molar refractivity (Wildman–Crippen MR) is 101 cm³/mol. The van der Waals surface area contributed by atoms with Crippen LogP contribution in [0.25, 0.3) is 16.6 Å². The zero-order valence-corrected chi connectivity index (χ0v) is 15.4. The molecule has 0 aromatic carbocycles. The summed E-state index contributed by atoms with van der Waals surface area (Å²) in [6.07, 6.45) is 5.82. The van der Waals surface area contributed by atoms with E-state index < -0.39 is 17.1 Å². The number of hydrogen-bond donors (Lipinski definition) is 3. The van der Waals surface area contributed by atoms with Crippen molar-refractivity contribution in [1.82, 2.24) is 14.7 Å². The van der Waals surface area contributed by atoms with Gasteiger partial charge < -0.3 is 14.7 Å². The molecule has 1 aliphatic heterocycles. The number of nitrogens with one attached hydrogen (secondary N) is 2. The second-order valence-electron chi connectivity index (χ2n) is 7.08. The number of aromatic amines is 1. The molecule has 9 heteroatoms. The Labute approximate surface area is 153 Å². The van der Waals surface area contributed by atoms with Crippen LogP contribution in [-0.2, 0) is 10.0 Å². The summed E-state index contributed by atoms with van der Waals surface area (Å²) < 4.78 is 32.3. The van der Waals surface area contributed by atoms with E-state index >= 15 is 0 Å². The van der Waals surface area contributed by atoms with Crippen molar-refractivity contribution in [3.63, 3.8) is 0 Å². The first-order valence-corrected chi connectivity index (χ1v) is 10.6. The third-order valence-corrected chi connectivity index (χ3v) is 6.67. The zero-order valence-electron chi connectivity index (χ0n) is 14.6. The van der Waals surface area contributed by atoms with Gasteiger partial charge in [-0.05, 0) is 48.7 Å². The highest BCUT2D eigenvalue weighted by Crippen LogP contribution is 2.48. The van der Waals surface area contributed by atoms with E-state index in [1.54, 1.807) is 12.2 Å². The standard InChI is InChI=1S/C17H22BN3O4S/c1-2-4-21-26(23,24)10-11-6-12(7-11)14-8-18(22)25-15-9-20-17-13(16(14)15)3-5-19-17/h3,5,8-9,11-12,21-22H,2,4,6-7,10H2,1H3,(H,19,20)/t11-,12+. The highest BCUT2D eigenvalue weighted by Gasteiger charge is 2.39. The average Bonchev–Trinajstić information content (AvgIpc) is 3.03. The number of aromatic nitrogens is 2. The molecule has 0 radical (unpaired) electrons. The third kappa shape index (κ3) is 3.26. The Balaban J connectivity index is 1.52. The second-order valence-corrected chi connectivity index (χ2v) is 8.93. The van der Waals surface area contributed by atoms with Crippen molar-refractivity contribution in [1.29, 1.82) is 0 Å². The van der Waals surface area contributed by atoms with Gasteiger partial charge in [0.15, 0.2) is 0 Å². The van der Waals surface area contributed by atoms with Crippen LogP contribution < -0.4 is 9.38 Å². The van der Waals surface area contributed by atoms with Gasteiger partial charge in [-0.1, -0.05) is 6.92 Å². The molecular formula is C17H22BN3O4S. The number of hydrogen-bond acceptors (Lipinski definition) is 5. The van der Waals surface area contributed by atoms with Gasteiger partial charge in [0.2, 0.25) is 10.0 Å². The maximum atomic E-state index is 12.1. The summed E-state index contributed by atoms with van der Waals surface area (Å²) in [7, 11) is -4.21. The number of pyridine rings is 1. The van der Waals surface area contributed by atoms with E-state index in [1.165, 1.54) is 0 Å². The molecule has 0 unspecified atom stereocenters. The average molecular weight is 375 g/mol. The van der Waals surface area contributed by atoms with E-state index in [9.17, 15) is 13.4 Å². The van der Waals surface area contributed by atoms with Gasteiger partial charge in [-0.15, -0.1) is 0 Å². The minimum absolute atomic E-state index is 0.141. The maximum Gasteiger partial charge on any atom is 0.552 e. The van der Waals surface area contributed by atoms with Gasteiger partial charge in [0.25, 0.3) is 0 Å². The molecule has 0 spiro atoms. The van der Waals surface area contributed by atoms with Crippen molar-refractivity contribution >= 4 is 33.7 Å². The summed E-state index contributed by atoms with van der Waals surface area (Å²) >= 11 is 0. The highest BCUT2D eigenvalue weighted by molar-refractivity contribution is 7.89. The van der Waals surface area contributed by atoms with Gasteiger partial charge in [0.1, 0.15) is 11.4 Å². The van der Waals surface area contributed by atoms with E-state index in [1.807, 2.05) is 19.2 Å². The topological polar surface area (TPSA) is 104 Å². The number of rotatable bonds is 6. The number of nitrogens with zero attached hydrogens (tertiary/aromatic N) is 1. The quantitative estimate of drug-likeness (QED) is 0.667.